The highest BCUT2D eigenvalue weighted by atomic mass is 32.1. The van der Waals surface area contributed by atoms with Crippen LogP contribution in [0.3, 0.4) is 0 Å². The Morgan fingerprint density at radius 2 is 1.87 bits per heavy atom. The fourth-order valence-electron chi connectivity index (χ4n) is 2.44. The molecule has 0 unspecified atom stereocenters. The number of aryl methyl sites for hydroxylation is 1. The summed E-state index contributed by atoms with van der Waals surface area (Å²) in [6.07, 6.45) is 1.45. The second kappa shape index (κ2) is 10.1. The van der Waals surface area contributed by atoms with E-state index in [-0.39, 0.29) is 12.5 Å². The first kappa shape index (κ1) is 20.9. The first-order valence-electron chi connectivity index (χ1n) is 9.04. The molecule has 0 atom stereocenters. The first-order valence-corrected chi connectivity index (χ1v) is 9.92. The molecule has 1 heterocycles. The molecule has 30 heavy (non-hydrogen) atoms. The van der Waals surface area contributed by atoms with Crippen LogP contribution in [0.15, 0.2) is 71.1 Å². The molecule has 152 valence electrons. The van der Waals surface area contributed by atoms with Crippen LogP contribution in [0.4, 0.5) is 0 Å². The predicted octanol–water partition coefficient (Wildman–Crippen LogP) is 3.16. The van der Waals surface area contributed by atoms with Gasteiger partial charge in [0.05, 0.1) is 12.8 Å². The van der Waals surface area contributed by atoms with E-state index in [1.807, 2.05) is 13.0 Å². The third-order valence-corrected chi connectivity index (χ3v) is 4.76. The fourth-order valence-corrected chi connectivity index (χ4v) is 3.04. The number of thiophene rings is 1. The van der Waals surface area contributed by atoms with Crippen LogP contribution in [-0.4, -0.2) is 30.5 Å². The van der Waals surface area contributed by atoms with Crippen molar-refractivity contribution < 1.29 is 19.1 Å². The molecule has 0 saturated heterocycles. The van der Waals surface area contributed by atoms with Crippen LogP contribution in [-0.2, 0) is 4.79 Å². The highest BCUT2D eigenvalue weighted by molar-refractivity contribution is 7.12. The third kappa shape index (κ3) is 6.11. The van der Waals surface area contributed by atoms with Gasteiger partial charge in [-0.25, -0.2) is 10.2 Å². The minimum Gasteiger partial charge on any atom is -0.422 e. The molecule has 8 heteroatoms. The van der Waals surface area contributed by atoms with E-state index in [1.54, 1.807) is 60.0 Å². The molecule has 7 nitrogen and oxygen atoms in total. The Morgan fingerprint density at radius 3 is 2.57 bits per heavy atom. The molecule has 0 bridgehead atoms. The third-order valence-electron chi connectivity index (χ3n) is 3.91. The monoisotopic (exact) mass is 421 g/mol. The maximum absolute atomic E-state index is 12.0. The average Bonchev–Trinajstić information content (AvgIpc) is 3.28. The number of nitrogens with zero attached hydrogens (tertiary/aromatic N) is 1. The van der Waals surface area contributed by atoms with Gasteiger partial charge in [-0.15, -0.1) is 11.3 Å². The number of esters is 1. The van der Waals surface area contributed by atoms with Crippen molar-refractivity contribution in [3.63, 3.8) is 0 Å². The molecular weight excluding hydrogens is 402 g/mol. The molecule has 0 radical (unpaired) electrons. The van der Waals surface area contributed by atoms with Gasteiger partial charge < -0.3 is 10.1 Å². The molecule has 0 fully saturated rings. The lowest BCUT2D eigenvalue weighted by molar-refractivity contribution is -0.120. The highest BCUT2D eigenvalue weighted by Gasteiger charge is 2.09. The van der Waals surface area contributed by atoms with Crippen molar-refractivity contribution >= 4 is 35.3 Å². The van der Waals surface area contributed by atoms with E-state index < -0.39 is 11.9 Å². The molecule has 2 N–H and O–H groups in total. The number of benzene rings is 2. The largest absolute Gasteiger partial charge is 0.422 e. The molecule has 2 aromatic carbocycles. The van der Waals surface area contributed by atoms with E-state index in [4.69, 9.17) is 4.74 Å². The quantitative estimate of drug-likeness (QED) is 0.265. The molecular formula is C22H19N3O4S. The van der Waals surface area contributed by atoms with Crippen molar-refractivity contribution in [2.45, 2.75) is 6.92 Å². The Balaban J connectivity index is 1.43. The van der Waals surface area contributed by atoms with E-state index in [1.165, 1.54) is 17.6 Å². The maximum atomic E-state index is 12.0. The smallest absolute Gasteiger partial charge is 0.353 e. The van der Waals surface area contributed by atoms with Gasteiger partial charge in [0.25, 0.3) is 11.8 Å². The first-order chi connectivity index (χ1) is 14.5. The number of hydrazone groups is 1. The van der Waals surface area contributed by atoms with E-state index >= 15 is 0 Å². The minimum absolute atomic E-state index is 0.193. The normalized spacial score (nSPS) is 10.6. The molecule has 3 rings (SSSR count). The van der Waals surface area contributed by atoms with Crippen LogP contribution in [0.2, 0.25) is 0 Å². The van der Waals surface area contributed by atoms with Crippen molar-refractivity contribution in [2.24, 2.45) is 5.10 Å². The predicted molar refractivity (Wildman–Crippen MR) is 115 cm³/mol. The lowest BCUT2D eigenvalue weighted by Gasteiger charge is -2.05. The topological polar surface area (TPSA) is 96.9 Å². The Bertz CT molecular complexity index is 1060. The molecule has 1 aromatic heterocycles. The van der Waals surface area contributed by atoms with Crippen molar-refractivity contribution in [3.8, 4) is 5.75 Å². The summed E-state index contributed by atoms with van der Waals surface area (Å²) >= 11 is 1.31. The summed E-state index contributed by atoms with van der Waals surface area (Å²) in [5, 5.41) is 8.20. The lowest BCUT2D eigenvalue weighted by atomic mass is 10.1. The van der Waals surface area contributed by atoms with E-state index in [2.05, 4.69) is 15.8 Å². The van der Waals surface area contributed by atoms with E-state index in [9.17, 15) is 14.4 Å². The van der Waals surface area contributed by atoms with Crippen molar-refractivity contribution in [1.29, 1.82) is 0 Å². The number of amides is 2. The zero-order valence-electron chi connectivity index (χ0n) is 16.1. The van der Waals surface area contributed by atoms with Crippen LogP contribution in [0, 0.1) is 6.92 Å². The Labute approximate surface area is 177 Å². The summed E-state index contributed by atoms with van der Waals surface area (Å²) in [5.74, 6) is -0.779. The van der Waals surface area contributed by atoms with Crippen LogP contribution in [0.25, 0.3) is 0 Å². The maximum Gasteiger partial charge on any atom is 0.353 e. The van der Waals surface area contributed by atoms with Crippen LogP contribution >= 0.6 is 11.3 Å². The number of rotatable bonds is 7. The zero-order valence-corrected chi connectivity index (χ0v) is 16.9. The SMILES string of the molecule is Cc1cccc(C(=O)NCC(=O)N/N=C/c2ccc(OC(=O)c3cccs3)cc2)c1. The van der Waals surface area contributed by atoms with Gasteiger partial charge in [0.1, 0.15) is 10.6 Å². The molecule has 2 amide bonds. The fraction of sp³-hybridized carbons (Fsp3) is 0.0909. The van der Waals surface area contributed by atoms with Crippen LogP contribution in [0.1, 0.15) is 31.2 Å². The minimum atomic E-state index is -0.450. The lowest BCUT2D eigenvalue weighted by Crippen LogP contribution is -2.34. The number of ether oxygens (including phenoxy) is 1. The summed E-state index contributed by atoms with van der Waals surface area (Å²) in [4.78, 5) is 36.3. The second-order valence-electron chi connectivity index (χ2n) is 6.28. The summed E-state index contributed by atoms with van der Waals surface area (Å²) in [5.41, 5.74) is 4.50. The zero-order chi connectivity index (χ0) is 21.3. The molecule has 0 aliphatic heterocycles. The number of carbonyl (C=O) groups is 3. The van der Waals surface area contributed by atoms with Crippen molar-refractivity contribution in [3.05, 3.63) is 87.6 Å². The molecule has 0 aliphatic rings. The Morgan fingerprint density at radius 1 is 1.07 bits per heavy atom. The van der Waals surface area contributed by atoms with E-state index in [0.717, 1.165) is 5.56 Å². The van der Waals surface area contributed by atoms with Crippen molar-refractivity contribution in [2.75, 3.05) is 6.54 Å². The van der Waals surface area contributed by atoms with Crippen LogP contribution in [0.5, 0.6) is 5.75 Å². The molecule has 0 aliphatic carbocycles. The Hall–Kier alpha value is -3.78. The summed E-state index contributed by atoms with van der Waals surface area (Å²) < 4.78 is 5.27. The van der Waals surface area contributed by atoms with Gasteiger partial charge in [-0.05, 0) is 60.3 Å². The average molecular weight is 421 g/mol. The molecule has 3 aromatic rings. The summed E-state index contributed by atoms with van der Waals surface area (Å²) in [7, 11) is 0. The van der Waals surface area contributed by atoms with Crippen LogP contribution < -0.4 is 15.5 Å². The standard InChI is InChI=1S/C22H19N3O4S/c1-15-4-2-5-17(12-15)21(27)23-14-20(26)25-24-13-16-7-9-18(10-8-16)29-22(28)19-6-3-11-30-19/h2-13H,14H2,1H3,(H,23,27)(H,25,26)/b24-13+. The summed E-state index contributed by atoms with van der Waals surface area (Å²) in [6.45, 7) is 1.69. The van der Waals surface area contributed by atoms with Gasteiger partial charge in [0.15, 0.2) is 0 Å². The molecule has 0 saturated carbocycles. The Kier molecular flexibility index (Phi) is 7.07. The summed E-state index contributed by atoms with van der Waals surface area (Å²) in [6, 6.07) is 17.2. The highest BCUT2D eigenvalue weighted by Crippen LogP contribution is 2.16. The number of carbonyl (C=O) groups excluding carboxylic acids is 3. The number of nitrogens with one attached hydrogen (secondary N) is 2. The van der Waals surface area contributed by atoms with E-state index in [0.29, 0.717) is 21.8 Å². The number of hydrogen-bond acceptors (Lipinski definition) is 6. The van der Waals surface area contributed by atoms with Gasteiger partial charge in [-0.3, -0.25) is 9.59 Å². The van der Waals surface area contributed by atoms with Gasteiger partial charge in [0, 0.05) is 5.56 Å². The van der Waals surface area contributed by atoms with Gasteiger partial charge in [-0.2, -0.15) is 5.10 Å². The second-order valence-corrected chi connectivity index (χ2v) is 7.23. The number of hydrogen-bond donors (Lipinski definition) is 2. The van der Waals surface area contributed by atoms with Gasteiger partial charge in [0.2, 0.25) is 0 Å². The molecule has 0 spiro atoms. The van der Waals surface area contributed by atoms with Gasteiger partial charge in [-0.1, -0.05) is 23.8 Å². The van der Waals surface area contributed by atoms with Gasteiger partial charge >= 0.3 is 5.97 Å². The van der Waals surface area contributed by atoms with Crippen molar-refractivity contribution in [1.82, 2.24) is 10.7 Å².